The van der Waals surface area contributed by atoms with E-state index in [1.807, 2.05) is 4.90 Å². The number of carbonyl (C=O) groups is 1. The highest BCUT2D eigenvalue weighted by Gasteiger charge is 2.21. The van der Waals surface area contributed by atoms with Crippen LogP contribution in [0.15, 0.2) is 0 Å². The van der Waals surface area contributed by atoms with Crippen molar-refractivity contribution in [3.63, 3.8) is 0 Å². The molecule has 0 unspecified atom stereocenters. The minimum atomic E-state index is 0.199. The predicted molar refractivity (Wildman–Crippen MR) is 57.9 cm³/mol. The lowest BCUT2D eigenvalue weighted by atomic mass is 10.0. The van der Waals surface area contributed by atoms with E-state index in [1.54, 1.807) is 0 Å². The van der Waals surface area contributed by atoms with Gasteiger partial charge in [0.05, 0.1) is 0 Å². The third-order valence-corrected chi connectivity index (χ3v) is 3.03. The Bertz CT molecular complexity index is 194. The monoisotopic (exact) mass is 198 g/mol. The molecule has 0 radical (unpaired) electrons. The highest BCUT2D eigenvalue weighted by molar-refractivity contribution is 5.76. The van der Waals surface area contributed by atoms with Crippen LogP contribution in [0.1, 0.15) is 39.5 Å². The first kappa shape index (κ1) is 11.5. The Labute approximate surface area is 86.6 Å². The lowest BCUT2D eigenvalue weighted by Crippen LogP contribution is -2.46. The summed E-state index contributed by atoms with van der Waals surface area (Å²) in [6.07, 6.45) is 3.88. The second-order valence-electron chi connectivity index (χ2n) is 4.46. The number of hydrogen-bond donors (Lipinski definition) is 1. The number of amides is 1. The van der Waals surface area contributed by atoms with E-state index in [0.717, 1.165) is 32.4 Å². The standard InChI is InChI=1S/C11H22N2O/c1-3-9(2)7-11(14)13-6-4-5-10(12)8-13/h9-10H,3-8,12H2,1-2H3/t9-,10-/m0/s1. The zero-order chi connectivity index (χ0) is 10.6. The van der Waals surface area contributed by atoms with Crippen LogP contribution in [0.2, 0.25) is 0 Å². The molecule has 1 heterocycles. The molecule has 0 aromatic heterocycles. The van der Waals surface area contributed by atoms with Crippen molar-refractivity contribution in [2.24, 2.45) is 11.7 Å². The van der Waals surface area contributed by atoms with Crippen LogP contribution < -0.4 is 5.73 Å². The van der Waals surface area contributed by atoms with Crippen LogP contribution in [0.5, 0.6) is 0 Å². The molecule has 14 heavy (non-hydrogen) atoms. The molecule has 82 valence electrons. The average Bonchev–Trinajstić information content (AvgIpc) is 2.17. The second kappa shape index (κ2) is 5.35. The van der Waals surface area contributed by atoms with E-state index in [-0.39, 0.29) is 11.9 Å². The summed E-state index contributed by atoms with van der Waals surface area (Å²) in [6.45, 7) is 5.92. The Kier molecular flexibility index (Phi) is 4.39. The summed E-state index contributed by atoms with van der Waals surface area (Å²) < 4.78 is 0. The molecular formula is C11H22N2O. The number of nitrogens with zero attached hydrogens (tertiary/aromatic N) is 1. The largest absolute Gasteiger partial charge is 0.341 e. The van der Waals surface area contributed by atoms with Gasteiger partial charge >= 0.3 is 0 Å². The van der Waals surface area contributed by atoms with Gasteiger partial charge in [-0.25, -0.2) is 0 Å². The summed E-state index contributed by atoms with van der Waals surface area (Å²) in [4.78, 5) is 13.7. The van der Waals surface area contributed by atoms with Crippen LogP contribution in [0, 0.1) is 5.92 Å². The van der Waals surface area contributed by atoms with Gasteiger partial charge in [-0.3, -0.25) is 4.79 Å². The van der Waals surface area contributed by atoms with E-state index in [1.165, 1.54) is 0 Å². The van der Waals surface area contributed by atoms with Gasteiger partial charge in [-0.1, -0.05) is 20.3 Å². The number of hydrogen-bond acceptors (Lipinski definition) is 2. The Hall–Kier alpha value is -0.570. The molecule has 3 nitrogen and oxygen atoms in total. The van der Waals surface area contributed by atoms with Crippen molar-refractivity contribution in [1.29, 1.82) is 0 Å². The Balaban J connectivity index is 2.36. The molecule has 0 aromatic rings. The molecule has 0 spiro atoms. The second-order valence-corrected chi connectivity index (χ2v) is 4.46. The van der Waals surface area contributed by atoms with Gasteiger partial charge in [0.15, 0.2) is 0 Å². The first-order valence-corrected chi connectivity index (χ1v) is 5.66. The van der Waals surface area contributed by atoms with Crippen molar-refractivity contribution < 1.29 is 4.79 Å². The van der Waals surface area contributed by atoms with E-state index in [9.17, 15) is 4.79 Å². The molecule has 1 aliphatic rings. The Morgan fingerprint density at radius 2 is 2.36 bits per heavy atom. The Morgan fingerprint density at radius 3 is 2.93 bits per heavy atom. The van der Waals surface area contributed by atoms with Gasteiger partial charge in [0.2, 0.25) is 5.91 Å². The lowest BCUT2D eigenvalue weighted by Gasteiger charge is -2.31. The lowest BCUT2D eigenvalue weighted by molar-refractivity contribution is -0.133. The first-order chi connectivity index (χ1) is 6.63. The van der Waals surface area contributed by atoms with Crippen LogP contribution in [0.3, 0.4) is 0 Å². The fourth-order valence-electron chi connectivity index (χ4n) is 1.81. The number of rotatable bonds is 3. The summed E-state index contributed by atoms with van der Waals surface area (Å²) in [6, 6.07) is 0.199. The molecule has 1 saturated heterocycles. The fraction of sp³-hybridized carbons (Fsp3) is 0.909. The van der Waals surface area contributed by atoms with Gasteiger partial charge in [0.25, 0.3) is 0 Å². The van der Waals surface area contributed by atoms with Crippen LogP contribution in [-0.4, -0.2) is 29.9 Å². The quantitative estimate of drug-likeness (QED) is 0.744. The van der Waals surface area contributed by atoms with Crippen molar-refractivity contribution in [3.05, 3.63) is 0 Å². The highest BCUT2D eigenvalue weighted by atomic mass is 16.2. The number of carbonyl (C=O) groups excluding carboxylic acids is 1. The van der Waals surface area contributed by atoms with E-state index in [2.05, 4.69) is 13.8 Å². The summed E-state index contributed by atoms with van der Waals surface area (Å²) in [5.74, 6) is 0.787. The van der Waals surface area contributed by atoms with Crippen molar-refractivity contribution >= 4 is 5.91 Å². The molecule has 0 bridgehead atoms. The predicted octanol–water partition coefficient (Wildman–Crippen LogP) is 1.37. The molecule has 0 saturated carbocycles. The van der Waals surface area contributed by atoms with Crippen LogP contribution in [0.4, 0.5) is 0 Å². The van der Waals surface area contributed by atoms with Gasteiger partial charge in [-0.05, 0) is 18.8 Å². The minimum Gasteiger partial charge on any atom is -0.341 e. The average molecular weight is 198 g/mol. The molecule has 1 aliphatic heterocycles. The summed E-state index contributed by atoms with van der Waals surface area (Å²) in [7, 11) is 0. The molecule has 0 aromatic carbocycles. The zero-order valence-corrected chi connectivity index (χ0v) is 9.33. The van der Waals surface area contributed by atoms with Crippen LogP contribution in [-0.2, 0) is 4.79 Å². The minimum absolute atomic E-state index is 0.199. The fourth-order valence-corrected chi connectivity index (χ4v) is 1.81. The summed E-state index contributed by atoms with van der Waals surface area (Å²) >= 11 is 0. The first-order valence-electron chi connectivity index (χ1n) is 5.66. The maximum Gasteiger partial charge on any atom is 0.222 e. The molecule has 3 heteroatoms. The number of piperidine rings is 1. The smallest absolute Gasteiger partial charge is 0.222 e. The zero-order valence-electron chi connectivity index (χ0n) is 9.33. The maximum absolute atomic E-state index is 11.8. The van der Waals surface area contributed by atoms with Crippen molar-refractivity contribution in [3.8, 4) is 0 Å². The van der Waals surface area contributed by atoms with Crippen LogP contribution in [0.25, 0.3) is 0 Å². The van der Waals surface area contributed by atoms with E-state index >= 15 is 0 Å². The summed E-state index contributed by atoms with van der Waals surface area (Å²) in [5.41, 5.74) is 5.83. The Morgan fingerprint density at radius 1 is 1.64 bits per heavy atom. The third kappa shape index (κ3) is 3.29. The molecule has 1 rings (SSSR count). The molecular weight excluding hydrogens is 176 g/mol. The normalized spacial score (nSPS) is 24.8. The molecule has 0 aliphatic carbocycles. The SMILES string of the molecule is CC[C@H](C)CC(=O)N1CCC[C@H](N)C1. The molecule has 1 fully saturated rings. The van der Waals surface area contributed by atoms with E-state index < -0.39 is 0 Å². The van der Waals surface area contributed by atoms with Crippen LogP contribution >= 0.6 is 0 Å². The van der Waals surface area contributed by atoms with E-state index in [4.69, 9.17) is 5.73 Å². The van der Waals surface area contributed by atoms with Gasteiger partial charge in [0.1, 0.15) is 0 Å². The van der Waals surface area contributed by atoms with Gasteiger partial charge in [-0.15, -0.1) is 0 Å². The number of nitrogens with two attached hydrogens (primary N) is 1. The third-order valence-electron chi connectivity index (χ3n) is 3.03. The van der Waals surface area contributed by atoms with E-state index in [0.29, 0.717) is 12.3 Å². The van der Waals surface area contributed by atoms with Gasteiger partial charge in [-0.2, -0.15) is 0 Å². The van der Waals surface area contributed by atoms with Crippen molar-refractivity contribution in [2.75, 3.05) is 13.1 Å². The number of likely N-dealkylation sites (tertiary alicyclic amines) is 1. The van der Waals surface area contributed by atoms with Crippen molar-refractivity contribution in [1.82, 2.24) is 4.90 Å². The topological polar surface area (TPSA) is 46.3 Å². The highest BCUT2D eigenvalue weighted by Crippen LogP contribution is 2.13. The molecule has 2 atom stereocenters. The van der Waals surface area contributed by atoms with Gasteiger partial charge < -0.3 is 10.6 Å². The molecule has 2 N–H and O–H groups in total. The van der Waals surface area contributed by atoms with Crippen molar-refractivity contribution in [2.45, 2.75) is 45.6 Å². The van der Waals surface area contributed by atoms with Gasteiger partial charge in [0, 0.05) is 25.6 Å². The molecule has 1 amide bonds. The summed E-state index contributed by atoms with van der Waals surface area (Å²) in [5, 5.41) is 0. The maximum atomic E-state index is 11.8.